The zero-order chi connectivity index (χ0) is 13.2. The molecule has 2 aromatic carbocycles. The van der Waals surface area contributed by atoms with E-state index in [4.69, 9.17) is 0 Å². The predicted molar refractivity (Wildman–Crippen MR) is 69.5 cm³/mol. The first kappa shape index (κ1) is 13.1. The highest BCUT2D eigenvalue weighted by Crippen LogP contribution is 2.39. The first-order chi connectivity index (χ1) is 8.54. The predicted octanol–water partition coefficient (Wildman–Crippen LogP) is 5.27. The SMILES string of the molecule is FC(F)(F)c1c(CBr)cccc1-c1ccccc1. The summed E-state index contributed by atoms with van der Waals surface area (Å²) in [7, 11) is 0. The molecule has 0 heterocycles. The lowest BCUT2D eigenvalue weighted by Crippen LogP contribution is -2.10. The number of alkyl halides is 4. The van der Waals surface area contributed by atoms with Crippen molar-refractivity contribution < 1.29 is 13.2 Å². The van der Waals surface area contributed by atoms with Gasteiger partial charge in [0.15, 0.2) is 0 Å². The molecule has 0 N–H and O–H groups in total. The van der Waals surface area contributed by atoms with Gasteiger partial charge in [-0.3, -0.25) is 0 Å². The van der Waals surface area contributed by atoms with E-state index in [0.717, 1.165) is 0 Å². The molecule has 18 heavy (non-hydrogen) atoms. The Morgan fingerprint density at radius 3 is 2.11 bits per heavy atom. The van der Waals surface area contributed by atoms with Gasteiger partial charge in [-0.15, -0.1) is 0 Å². The Balaban J connectivity index is 2.68. The number of hydrogen-bond acceptors (Lipinski definition) is 0. The zero-order valence-corrected chi connectivity index (χ0v) is 10.9. The van der Waals surface area contributed by atoms with E-state index in [1.165, 1.54) is 12.1 Å². The van der Waals surface area contributed by atoms with E-state index in [1.54, 1.807) is 36.4 Å². The topological polar surface area (TPSA) is 0 Å². The van der Waals surface area contributed by atoms with E-state index in [1.807, 2.05) is 0 Å². The van der Waals surface area contributed by atoms with E-state index in [0.29, 0.717) is 5.56 Å². The minimum absolute atomic E-state index is 0.183. The molecule has 2 rings (SSSR count). The van der Waals surface area contributed by atoms with Crippen molar-refractivity contribution in [3.8, 4) is 11.1 Å². The lowest BCUT2D eigenvalue weighted by atomic mass is 9.96. The van der Waals surface area contributed by atoms with Gasteiger partial charge in [-0.2, -0.15) is 13.2 Å². The Labute approximate surface area is 112 Å². The van der Waals surface area contributed by atoms with Crippen LogP contribution < -0.4 is 0 Å². The summed E-state index contributed by atoms with van der Waals surface area (Å²) in [5, 5.41) is 0.183. The maximum Gasteiger partial charge on any atom is 0.417 e. The third-order valence-corrected chi connectivity index (χ3v) is 3.27. The van der Waals surface area contributed by atoms with Gasteiger partial charge in [0, 0.05) is 5.33 Å². The van der Waals surface area contributed by atoms with Gasteiger partial charge in [0.1, 0.15) is 0 Å². The van der Waals surface area contributed by atoms with Crippen LogP contribution in [0.25, 0.3) is 11.1 Å². The van der Waals surface area contributed by atoms with Crippen LogP contribution in [-0.4, -0.2) is 0 Å². The molecule has 0 radical (unpaired) electrons. The molecule has 0 amide bonds. The fourth-order valence-electron chi connectivity index (χ4n) is 1.90. The first-order valence-corrected chi connectivity index (χ1v) is 6.46. The molecule has 94 valence electrons. The van der Waals surface area contributed by atoms with E-state index in [9.17, 15) is 13.2 Å². The second kappa shape index (κ2) is 5.14. The minimum atomic E-state index is -4.35. The normalized spacial score (nSPS) is 11.6. The Bertz CT molecular complexity index is 532. The van der Waals surface area contributed by atoms with E-state index >= 15 is 0 Å². The fraction of sp³-hybridized carbons (Fsp3) is 0.143. The zero-order valence-electron chi connectivity index (χ0n) is 9.34. The molecule has 0 bridgehead atoms. The van der Waals surface area contributed by atoms with Gasteiger partial charge in [0.2, 0.25) is 0 Å². The number of halogens is 4. The molecule has 0 saturated heterocycles. The maximum atomic E-state index is 13.2. The second-order valence-electron chi connectivity index (χ2n) is 3.84. The summed E-state index contributed by atoms with van der Waals surface area (Å²) in [4.78, 5) is 0. The number of benzene rings is 2. The van der Waals surface area contributed by atoms with Gasteiger partial charge >= 0.3 is 6.18 Å². The molecular formula is C14H10BrF3. The standard InChI is InChI=1S/C14H10BrF3/c15-9-11-7-4-8-12(13(11)14(16,17)18)10-5-2-1-3-6-10/h1-8H,9H2. The Kier molecular flexibility index (Phi) is 3.76. The third-order valence-electron chi connectivity index (χ3n) is 2.66. The van der Waals surface area contributed by atoms with Crippen molar-refractivity contribution >= 4 is 15.9 Å². The summed E-state index contributed by atoms with van der Waals surface area (Å²) >= 11 is 3.11. The summed E-state index contributed by atoms with van der Waals surface area (Å²) in [5.41, 5.74) is 0.490. The molecule has 0 atom stereocenters. The van der Waals surface area contributed by atoms with Gasteiger partial charge in [-0.25, -0.2) is 0 Å². The van der Waals surface area contributed by atoms with Gasteiger partial charge in [0.25, 0.3) is 0 Å². The van der Waals surface area contributed by atoms with Crippen molar-refractivity contribution in [3.63, 3.8) is 0 Å². The molecule has 0 aliphatic heterocycles. The molecule has 0 nitrogen and oxygen atoms in total. The lowest BCUT2D eigenvalue weighted by Gasteiger charge is -2.16. The molecule has 0 aliphatic carbocycles. The van der Waals surface area contributed by atoms with Crippen LogP contribution in [0.1, 0.15) is 11.1 Å². The highest BCUT2D eigenvalue weighted by atomic mass is 79.9. The van der Waals surface area contributed by atoms with Crippen LogP contribution in [0.3, 0.4) is 0 Å². The fourth-order valence-corrected chi connectivity index (χ4v) is 2.37. The average molecular weight is 315 g/mol. The van der Waals surface area contributed by atoms with E-state index < -0.39 is 11.7 Å². The average Bonchev–Trinajstić information content (AvgIpc) is 2.38. The molecule has 4 heteroatoms. The van der Waals surface area contributed by atoms with Gasteiger partial charge < -0.3 is 0 Å². The van der Waals surface area contributed by atoms with Crippen LogP contribution >= 0.6 is 15.9 Å². The van der Waals surface area contributed by atoms with Crippen LogP contribution in [0.5, 0.6) is 0 Å². The maximum absolute atomic E-state index is 13.2. The van der Waals surface area contributed by atoms with Crippen LogP contribution in [0.15, 0.2) is 48.5 Å². The Morgan fingerprint density at radius 1 is 0.889 bits per heavy atom. The molecule has 0 aliphatic rings. The summed E-state index contributed by atoms with van der Waals surface area (Å²) in [6, 6.07) is 13.3. The first-order valence-electron chi connectivity index (χ1n) is 5.34. The van der Waals surface area contributed by atoms with Gasteiger partial charge in [-0.1, -0.05) is 64.5 Å². The van der Waals surface area contributed by atoms with Gasteiger partial charge in [0.05, 0.1) is 5.56 Å². The lowest BCUT2D eigenvalue weighted by molar-refractivity contribution is -0.137. The Morgan fingerprint density at radius 2 is 1.56 bits per heavy atom. The molecule has 2 aromatic rings. The van der Waals surface area contributed by atoms with Crippen molar-refractivity contribution in [2.75, 3.05) is 0 Å². The van der Waals surface area contributed by atoms with Crippen LogP contribution in [0, 0.1) is 0 Å². The minimum Gasteiger partial charge on any atom is -0.166 e. The molecular weight excluding hydrogens is 305 g/mol. The second-order valence-corrected chi connectivity index (χ2v) is 4.40. The van der Waals surface area contributed by atoms with Crippen molar-refractivity contribution in [3.05, 3.63) is 59.7 Å². The third kappa shape index (κ3) is 2.58. The van der Waals surface area contributed by atoms with E-state index in [-0.39, 0.29) is 16.5 Å². The number of rotatable bonds is 2. The molecule has 0 fully saturated rings. The largest absolute Gasteiger partial charge is 0.417 e. The molecule has 0 saturated carbocycles. The van der Waals surface area contributed by atoms with Crippen LogP contribution in [0.4, 0.5) is 13.2 Å². The molecule has 0 spiro atoms. The van der Waals surface area contributed by atoms with Crippen LogP contribution in [0.2, 0.25) is 0 Å². The number of hydrogen-bond donors (Lipinski definition) is 0. The monoisotopic (exact) mass is 314 g/mol. The van der Waals surface area contributed by atoms with Crippen molar-refractivity contribution in [1.82, 2.24) is 0 Å². The molecule has 0 aromatic heterocycles. The van der Waals surface area contributed by atoms with Crippen LogP contribution in [-0.2, 0) is 11.5 Å². The Hall–Kier alpha value is -1.29. The summed E-state index contributed by atoms with van der Waals surface area (Å²) in [6.07, 6.45) is -4.35. The smallest absolute Gasteiger partial charge is 0.166 e. The highest BCUT2D eigenvalue weighted by molar-refractivity contribution is 9.08. The van der Waals surface area contributed by atoms with Crippen molar-refractivity contribution in [2.45, 2.75) is 11.5 Å². The van der Waals surface area contributed by atoms with E-state index in [2.05, 4.69) is 15.9 Å². The quantitative estimate of drug-likeness (QED) is 0.663. The van der Waals surface area contributed by atoms with Crippen molar-refractivity contribution in [1.29, 1.82) is 0 Å². The van der Waals surface area contributed by atoms with Crippen molar-refractivity contribution in [2.24, 2.45) is 0 Å². The highest BCUT2D eigenvalue weighted by Gasteiger charge is 2.35. The van der Waals surface area contributed by atoms with Gasteiger partial charge in [-0.05, 0) is 16.7 Å². The molecule has 0 unspecified atom stereocenters. The summed E-state index contributed by atoms with van der Waals surface area (Å²) in [6.45, 7) is 0. The summed E-state index contributed by atoms with van der Waals surface area (Å²) in [5.74, 6) is 0. The summed E-state index contributed by atoms with van der Waals surface area (Å²) < 4.78 is 39.5.